The smallest absolute Gasteiger partial charge is 0.122 e. The summed E-state index contributed by atoms with van der Waals surface area (Å²) < 4.78 is 11.0. The molecular weight excluding hydrogens is 254 g/mol. The zero-order chi connectivity index (χ0) is 14.4. The van der Waals surface area contributed by atoms with Gasteiger partial charge in [-0.2, -0.15) is 0 Å². The van der Waals surface area contributed by atoms with Crippen molar-refractivity contribution < 1.29 is 14.6 Å². The third kappa shape index (κ3) is 4.17. The minimum Gasteiger partial charge on any atom is -0.491 e. The maximum Gasteiger partial charge on any atom is 0.122 e. The first-order chi connectivity index (χ1) is 9.65. The zero-order valence-corrected chi connectivity index (χ0v) is 11.5. The van der Waals surface area contributed by atoms with Crippen LogP contribution >= 0.6 is 0 Å². The molecule has 1 atom stereocenters. The van der Waals surface area contributed by atoms with Gasteiger partial charge in [0, 0.05) is 5.69 Å². The van der Waals surface area contributed by atoms with Crippen LogP contribution in [0.2, 0.25) is 0 Å². The standard InChI is InChI=1S/C16H19NO3/c1-12-4-2-3-5-16(12)20-11-14(18)10-19-15-8-6-13(17)7-9-15/h2-9,14,18H,10-11,17H2,1H3. The van der Waals surface area contributed by atoms with Gasteiger partial charge in [-0.25, -0.2) is 0 Å². The first-order valence-electron chi connectivity index (χ1n) is 6.50. The molecule has 4 nitrogen and oxygen atoms in total. The summed E-state index contributed by atoms with van der Waals surface area (Å²) in [7, 11) is 0. The van der Waals surface area contributed by atoms with Crippen molar-refractivity contribution in [3.63, 3.8) is 0 Å². The van der Waals surface area contributed by atoms with Gasteiger partial charge in [0.1, 0.15) is 30.8 Å². The molecule has 2 aromatic rings. The predicted molar refractivity (Wildman–Crippen MR) is 79.0 cm³/mol. The normalized spacial score (nSPS) is 11.9. The van der Waals surface area contributed by atoms with Crippen molar-refractivity contribution in [2.45, 2.75) is 13.0 Å². The quantitative estimate of drug-likeness (QED) is 0.793. The second-order valence-electron chi connectivity index (χ2n) is 4.61. The van der Waals surface area contributed by atoms with Gasteiger partial charge in [-0.1, -0.05) is 18.2 Å². The number of hydrogen-bond acceptors (Lipinski definition) is 4. The van der Waals surface area contributed by atoms with E-state index >= 15 is 0 Å². The molecule has 0 bridgehead atoms. The Hall–Kier alpha value is -2.20. The zero-order valence-electron chi connectivity index (χ0n) is 11.5. The Labute approximate surface area is 118 Å². The lowest BCUT2D eigenvalue weighted by Crippen LogP contribution is -2.25. The number of rotatable bonds is 6. The van der Waals surface area contributed by atoms with Crippen molar-refractivity contribution in [1.82, 2.24) is 0 Å². The number of aliphatic hydroxyl groups is 1. The highest BCUT2D eigenvalue weighted by Crippen LogP contribution is 2.17. The number of nitrogens with two attached hydrogens (primary N) is 1. The summed E-state index contributed by atoms with van der Waals surface area (Å²) in [6.45, 7) is 2.34. The first-order valence-corrected chi connectivity index (χ1v) is 6.50. The van der Waals surface area contributed by atoms with Crippen LogP contribution in [0.1, 0.15) is 5.56 Å². The summed E-state index contributed by atoms with van der Waals surface area (Å²) in [6.07, 6.45) is -0.688. The average molecular weight is 273 g/mol. The highest BCUT2D eigenvalue weighted by molar-refractivity contribution is 5.41. The monoisotopic (exact) mass is 273 g/mol. The predicted octanol–water partition coefficient (Wildman–Crippen LogP) is 2.40. The van der Waals surface area contributed by atoms with E-state index in [2.05, 4.69) is 0 Å². The van der Waals surface area contributed by atoms with Crippen LogP contribution in [0.15, 0.2) is 48.5 Å². The fourth-order valence-corrected chi connectivity index (χ4v) is 1.71. The van der Waals surface area contributed by atoms with Gasteiger partial charge in [0.25, 0.3) is 0 Å². The summed E-state index contributed by atoms with van der Waals surface area (Å²) in [5.74, 6) is 1.45. The third-order valence-electron chi connectivity index (χ3n) is 2.85. The van der Waals surface area contributed by atoms with E-state index in [0.717, 1.165) is 11.3 Å². The number of ether oxygens (including phenoxy) is 2. The molecular formula is C16H19NO3. The van der Waals surface area contributed by atoms with Crippen LogP contribution < -0.4 is 15.2 Å². The van der Waals surface area contributed by atoms with E-state index in [0.29, 0.717) is 11.4 Å². The molecule has 0 aromatic heterocycles. The van der Waals surface area contributed by atoms with Gasteiger partial charge < -0.3 is 20.3 Å². The molecule has 1 unspecified atom stereocenters. The largest absolute Gasteiger partial charge is 0.491 e. The van der Waals surface area contributed by atoms with Crippen molar-refractivity contribution in [3.05, 3.63) is 54.1 Å². The number of benzene rings is 2. The summed E-state index contributed by atoms with van der Waals surface area (Å²) >= 11 is 0. The van der Waals surface area contributed by atoms with Crippen molar-refractivity contribution in [1.29, 1.82) is 0 Å². The molecule has 0 fully saturated rings. The second-order valence-corrected chi connectivity index (χ2v) is 4.61. The van der Waals surface area contributed by atoms with Gasteiger partial charge in [-0.05, 0) is 42.8 Å². The third-order valence-corrected chi connectivity index (χ3v) is 2.85. The van der Waals surface area contributed by atoms with Gasteiger partial charge in [0.2, 0.25) is 0 Å². The number of aliphatic hydroxyl groups excluding tert-OH is 1. The van der Waals surface area contributed by atoms with Gasteiger partial charge in [0.05, 0.1) is 0 Å². The number of hydrogen-bond donors (Lipinski definition) is 2. The lowest BCUT2D eigenvalue weighted by Gasteiger charge is -2.14. The van der Waals surface area contributed by atoms with Crippen molar-refractivity contribution in [2.24, 2.45) is 0 Å². The maximum absolute atomic E-state index is 9.84. The molecule has 0 heterocycles. The van der Waals surface area contributed by atoms with Crippen LogP contribution in [0.25, 0.3) is 0 Å². The van der Waals surface area contributed by atoms with E-state index in [1.54, 1.807) is 24.3 Å². The Morgan fingerprint density at radius 2 is 1.65 bits per heavy atom. The van der Waals surface area contributed by atoms with Crippen LogP contribution in [0, 0.1) is 6.92 Å². The van der Waals surface area contributed by atoms with Gasteiger partial charge in [-0.15, -0.1) is 0 Å². The van der Waals surface area contributed by atoms with Crippen LogP contribution in [0.4, 0.5) is 5.69 Å². The fourth-order valence-electron chi connectivity index (χ4n) is 1.71. The Bertz CT molecular complexity index is 540. The lowest BCUT2D eigenvalue weighted by molar-refractivity contribution is 0.0624. The highest BCUT2D eigenvalue weighted by Gasteiger charge is 2.07. The van der Waals surface area contributed by atoms with E-state index < -0.39 is 6.10 Å². The number of aryl methyl sites for hydroxylation is 1. The van der Waals surface area contributed by atoms with Gasteiger partial charge in [0.15, 0.2) is 0 Å². The molecule has 106 valence electrons. The number of anilines is 1. The van der Waals surface area contributed by atoms with Crippen LogP contribution in [-0.2, 0) is 0 Å². The molecule has 0 aliphatic heterocycles. The summed E-state index contributed by atoms with van der Waals surface area (Å²) in [5.41, 5.74) is 7.31. The topological polar surface area (TPSA) is 64.7 Å². The molecule has 0 aliphatic carbocycles. The molecule has 2 rings (SSSR count). The lowest BCUT2D eigenvalue weighted by atomic mass is 10.2. The molecule has 0 saturated heterocycles. The summed E-state index contributed by atoms with van der Waals surface area (Å²) in [6, 6.07) is 14.7. The molecule has 3 N–H and O–H groups in total. The van der Waals surface area contributed by atoms with Crippen molar-refractivity contribution in [2.75, 3.05) is 18.9 Å². The Morgan fingerprint density at radius 1 is 1.00 bits per heavy atom. The Kier molecular flexibility index (Phi) is 4.85. The molecule has 2 aromatic carbocycles. The van der Waals surface area contributed by atoms with Gasteiger partial charge in [-0.3, -0.25) is 0 Å². The first kappa shape index (κ1) is 14.2. The molecule has 0 radical (unpaired) electrons. The molecule has 0 spiro atoms. The fraction of sp³-hybridized carbons (Fsp3) is 0.250. The number of nitrogen functional groups attached to an aromatic ring is 1. The SMILES string of the molecule is Cc1ccccc1OCC(O)COc1ccc(N)cc1. The average Bonchev–Trinajstić information content (AvgIpc) is 2.46. The van der Waals surface area contributed by atoms with Crippen molar-refractivity contribution >= 4 is 5.69 Å². The second kappa shape index (κ2) is 6.82. The molecule has 0 amide bonds. The summed E-state index contributed by atoms with van der Waals surface area (Å²) in [4.78, 5) is 0. The van der Waals surface area contributed by atoms with E-state index in [1.807, 2.05) is 31.2 Å². The maximum atomic E-state index is 9.84. The summed E-state index contributed by atoms with van der Waals surface area (Å²) in [5, 5.41) is 9.84. The Balaban J connectivity index is 1.77. The van der Waals surface area contributed by atoms with E-state index in [4.69, 9.17) is 15.2 Å². The van der Waals surface area contributed by atoms with Crippen LogP contribution in [0.3, 0.4) is 0 Å². The van der Waals surface area contributed by atoms with Crippen LogP contribution in [0.5, 0.6) is 11.5 Å². The van der Waals surface area contributed by atoms with Crippen LogP contribution in [-0.4, -0.2) is 24.4 Å². The van der Waals surface area contributed by atoms with Gasteiger partial charge >= 0.3 is 0 Å². The van der Waals surface area contributed by atoms with E-state index in [1.165, 1.54) is 0 Å². The molecule has 0 aliphatic rings. The molecule has 0 saturated carbocycles. The minimum absolute atomic E-state index is 0.176. The van der Waals surface area contributed by atoms with Crippen molar-refractivity contribution in [3.8, 4) is 11.5 Å². The highest BCUT2D eigenvalue weighted by atomic mass is 16.5. The van der Waals surface area contributed by atoms with E-state index in [-0.39, 0.29) is 13.2 Å². The number of para-hydroxylation sites is 1. The molecule has 20 heavy (non-hydrogen) atoms. The minimum atomic E-state index is -0.688. The van der Waals surface area contributed by atoms with E-state index in [9.17, 15) is 5.11 Å². The molecule has 4 heteroatoms. The Morgan fingerprint density at radius 3 is 2.35 bits per heavy atom.